The monoisotopic (exact) mass is 349 g/mol. The number of fused-ring (bicyclic) bond motifs is 1. The van der Waals surface area contributed by atoms with E-state index in [-0.39, 0.29) is 11.0 Å². The molecular weight excluding hydrogens is 326 g/mol. The van der Waals surface area contributed by atoms with E-state index in [9.17, 15) is 14.7 Å². The second-order valence-electron chi connectivity index (χ2n) is 6.54. The van der Waals surface area contributed by atoms with Gasteiger partial charge in [-0.1, -0.05) is 57.0 Å². The zero-order valence-electron chi connectivity index (χ0n) is 15.1. The van der Waals surface area contributed by atoms with Crippen LogP contribution in [0.3, 0.4) is 0 Å². The topological polar surface area (TPSA) is 70.2 Å². The number of carbonyl (C=O) groups is 1. The van der Waals surface area contributed by atoms with Crippen molar-refractivity contribution in [2.24, 2.45) is 0 Å². The van der Waals surface area contributed by atoms with Gasteiger partial charge >= 0.3 is 5.97 Å². The number of hydrogen-bond donors (Lipinski definition) is 2. The molecule has 0 saturated carbocycles. The fourth-order valence-electron chi connectivity index (χ4n) is 3.44. The zero-order valence-corrected chi connectivity index (χ0v) is 15.1. The Bertz CT molecular complexity index is 1000. The average Bonchev–Trinajstić information content (AvgIpc) is 2.65. The van der Waals surface area contributed by atoms with Gasteiger partial charge in [-0.05, 0) is 36.1 Å². The lowest BCUT2D eigenvalue weighted by Crippen LogP contribution is -2.15. The van der Waals surface area contributed by atoms with Gasteiger partial charge in [0.2, 0.25) is 0 Å². The molecule has 0 spiro atoms. The summed E-state index contributed by atoms with van der Waals surface area (Å²) < 4.78 is 0. The van der Waals surface area contributed by atoms with Crippen LogP contribution in [-0.4, -0.2) is 16.1 Å². The number of nitrogens with one attached hydrogen (secondary N) is 1. The first kappa shape index (κ1) is 17.9. The van der Waals surface area contributed by atoms with Gasteiger partial charge in [0.25, 0.3) is 0 Å². The molecule has 0 radical (unpaired) electrons. The smallest absolute Gasteiger partial charge is 0.335 e. The highest BCUT2D eigenvalue weighted by molar-refractivity contribution is 5.95. The SMILES string of the molecule is CCCc1c(-c2ccccc2)[nH]c2c(CCC)cc(C(=O)O)cc2c1=O. The molecule has 134 valence electrons. The number of aryl methyl sites for hydroxylation is 1. The Morgan fingerprint density at radius 2 is 1.73 bits per heavy atom. The molecule has 1 heterocycles. The highest BCUT2D eigenvalue weighted by Crippen LogP contribution is 2.26. The number of carboxylic acid groups (broad SMARTS) is 1. The third-order valence-electron chi connectivity index (χ3n) is 4.62. The van der Waals surface area contributed by atoms with E-state index in [1.165, 1.54) is 6.07 Å². The molecule has 0 fully saturated rings. The van der Waals surface area contributed by atoms with Crippen LogP contribution >= 0.6 is 0 Å². The van der Waals surface area contributed by atoms with Crippen molar-refractivity contribution in [2.75, 3.05) is 0 Å². The van der Waals surface area contributed by atoms with Crippen LogP contribution in [0, 0.1) is 0 Å². The summed E-state index contributed by atoms with van der Waals surface area (Å²) in [6, 6.07) is 13.0. The summed E-state index contributed by atoms with van der Waals surface area (Å²) in [5, 5.41) is 9.89. The molecule has 2 N–H and O–H groups in total. The summed E-state index contributed by atoms with van der Waals surface area (Å²) in [6.45, 7) is 4.08. The number of aromatic nitrogens is 1. The Morgan fingerprint density at radius 3 is 2.35 bits per heavy atom. The van der Waals surface area contributed by atoms with Gasteiger partial charge in [-0.15, -0.1) is 0 Å². The van der Waals surface area contributed by atoms with E-state index >= 15 is 0 Å². The Labute approximate surface area is 152 Å². The fourth-order valence-corrected chi connectivity index (χ4v) is 3.44. The number of hydrogen-bond acceptors (Lipinski definition) is 2. The minimum absolute atomic E-state index is 0.0695. The minimum Gasteiger partial charge on any atom is -0.478 e. The van der Waals surface area contributed by atoms with Gasteiger partial charge < -0.3 is 10.1 Å². The normalized spacial score (nSPS) is 11.0. The zero-order chi connectivity index (χ0) is 18.7. The summed E-state index contributed by atoms with van der Waals surface area (Å²) in [5.41, 5.74) is 4.25. The van der Waals surface area contributed by atoms with Crippen molar-refractivity contribution in [3.63, 3.8) is 0 Å². The number of pyridine rings is 1. The molecule has 0 aliphatic heterocycles. The van der Waals surface area contributed by atoms with Crippen LogP contribution in [0.1, 0.15) is 48.2 Å². The summed E-state index contributed by atoms with van der Waals surface area (Å²) in [4.78, 5) is 28.2. The molecule has 4 nitrogen and oxygen atoms in total. The quantitative estimate of drug-likeness (QED) is 0.671. The molecule has 2 aromatic carbocycles. The van der Waals surface area contributed by atoms with Crippen molar-refractivity contribution in [3.05, 3.63) is 69.4 Å². The second-order valence-corrected chi connectivity index (χ2v) is 6.54. The van der Waals surface area contributed by atoms with Crippen molar-refractivity contribution in [1.82, 2.24) is 4.98 Å². The Balaban J connectivity index is 2.40. The van der Waals surface area contributed by atoms with E-state index in [2.05, 4.69) is 4.98 Å². The maximum Gasteiger partial charge on any atom is 0.335 e. The van der Waals surface area contributed by atoms with Crippen LogP contribution in [0.5, 0.6) is 0 Å². The van der Waals surface area contributed by atoms with Gasteiger partial charge in [-0.2, -0.15) is 0 Å². The van der Waals surface area contributed by atoms with Gasteiger partial charge in [0.05, 0.1) is 16.8 Å². The Morgan fingerprint density at radius 1 is 1.04 bits per heavy atom. The number of H-pyrrole nitrogens is 1. The molecule has 0 unspecified atom stereocenters. The van der Waals surface area contributed by atoms with E-state index in [4.69, 9.17) is 0 Å². The minimum atomic E-state index is -1.01. The molecule has 0 saturated heterocycles. The third kappa shape index (κ3) is 3.27. The molecule has 0 bridgehead atoms. The van der Waals surface area contributed by atoms with E-state index in [1.807, 2.05) is 44.2 Å². The lowest BCUT2D eigenvalue weighted by Gasteiger charge is -2.14. The predicted molar refractivity (Wildman–Crippen MR) is 105 cm³/mol. The molecule has 26 heavy (non-hydrogen) atoms. The highest BCUT2D eigenvalue weighted by atomic mass is 16.4. The highest BCUT2D eigenvalue weighted by Gasteiger charge is 2.17. The molecular formula is C22H23NO3. The summed E-state index contributed by atoms with van der Waals surface area (Å²) in [7, 11) is 0. The standard InChI is InChI=1S/C22H23NO3/c1-3-8-15-12-16(22(25)26)13-18-20(15)23-19(14-10-6-5-7-11-14)17(9-4-2)21(18)24/h5-7,10-13H,3-4,8-9H2,1-2H3,(H,23,24)(H,25,26). The van der Waals surface area contributed by atoms with Crippen LogP contribution in [0.4, 0.5) is 0 Å². The molecule has 0 atom stereocenters. The fraction of sp³-hybridized carbons (Fsp3) is 0.273. The van der Waals surface area contributed by atoms with Crippen LogP contribution in [0.25, 0.3) is 22.2 Å². The van der Waals surface area contributed by atoms with Crippen molar-refractivity contribution >= 4 is 16.9 Å². The lowest BCUT2D eigenvalue weighted by atomic mass is 9.95. The largest absolute Gasteiger partial charge is 0.478 e. The van der Waals surface area contributed by atoms with Gasteiger partial charge in [-0.25, -0.2) is 4.79 Å². The van der Waals surface area contributed by atoms with E-state index in [1.54, 1.807) is 6.07 Å². The average molecular weight is 349 g/mol. The molecule has 0 aliphatic rings. The number of benzene rings is 2. The van der Waals surface area contributed by atoms with Crippen LogP contribution in [-0.2, 0) is 12.8 Å². The van der Waals surface area contributed by atoms with Gasteiger partial charge in [0.15, 0.2) is 5.43 Å². The summed E-state index contributed by atoms with van der Waals surface area (Å²) in [6.07, 6.45) is 3.08. The first-order valence-electron chi connectivity index (χ1n) is 9.07. The van der Waals surface area contributed by atoms with Crippen LogP contribution in [0.15, 0.2) is 47.3 Å². The molecule has 4 heteroatoms. The maximum atomic E-state index is 13.2. The first-order chi connectivity index (χ1) is 12.6. The molecule has 3 rings (SSSR count). The van der Waals surface area contributed by atoms with E-state index < -0.39 is 5.97 Å². The number of aromatic carboxylic acids is 1. The van der Waals surface area contributed by atoms with Crippen molar-refractivity contribution < 1.29 is 9.90 Å². The summed E-state index contributed by atoms with van der Waals surface area (Å²) in [5.74, 6) is -1.01. The molecule has 0 aliphatic carbocycles. The second kappa shape index (κ2) is 7.56. The number of carboxylic acids is 1. The molecule has 1 aromatic heterocycles. The first-order valence-corrected chi connectivity index (χ1v) is 9.07. The molecule has 0 amide bonds. The molecule has 3 aromatic rings. The summed E-state index contributed by atoms with van der Waals surface area (Å²) >= 11 is 0. The van der Waals surface area contributed by atoms with Gasteiger partial charge in [0, 0.05) is 10.9 Å². The van der Waals surface area contributed by atoms with Crippen molar-refractivity contribution in [1.29, 1.82) is 0 Å². The van der Waals surface area contributed by atoms with Crippen molar-refractivity contribution in [3.8, 4) is 11.3 Å². The van der Waals surface area contributed by atoms with Crippen LogP contribution < -0.4 is 5.43 Å². The Hall–Kier alpha value is -2.88. The third-order valence-corrected chi connectivity index (χ3v) is 4.62. The predicted octanol–water partition coefficient (Wildman–Crippen LogP) is 4.80. The number of rotatable bonds is 6. The van der Waals surface area contributed by atoms with E-state index in [0.29, 0.717) is 11.8 Å². The Kier molecular flexibility index (Phi) is 5.21. The van der Waals surface area contributed by atoms with E-state index in [0.717, 1.165) is 47.2 Å². The number of aromatic amines is 1. The maximum absolute atomic E-state index is 13.2. The van der Waals surface area contributed by atoms with Gasteiger partial charge in [-0.3, -0.25) is 4.79 Å². The van der Waals surface area contributed by atoms with Crippen molar-refractivity contribution in [2.45, 2.75) is 39.5 Å². The van der Waals surface area contributed by atoms with Gasteiger partial charge in [0.1, 0.15) is 0 Å². The van der Waals surface area contributed by atoms with Crippen LogP contribution in [0.2, 0.25) is 0 Å². The lowest BCUT2D eigenvalue weighted by molar-refractivity contribution is 0.0697.